The summed E-state index contributed by atoms with van der Waals surface area (Å²) in [5, 5.41) is 0.761. The predicted octanol–water partition coefficient (Wildman–Crippen LogP) is 4.35. The lowest BCUT2D eigenvalue weighted by Gasteiger charge is -2.39. The van der Waals surface area contributed by atoms with Gasteiger partial charge in [-0.05, 0) is 37.3 Å². The largest absolute Gasteiger partial charge is 0.393 e. The Morgan fingerprint density at radius 2 is 2.04 bits per heavy atom. The van der Waals surface area contributed by atoms with E-state index in [2.05, 4.69) is 33.6 Å². The van der Waals surface area contributed by atoms with E-state index in [0.29, 0.717) is 27.6 Å². The van der Waals surface area contributed by atoms with Crippen molar-refractivity contribution in [3.05, 3.63) is 17.3 Å². The molecule has 27 heavy (non-hydrogen) atoms. The van der Waals surface area contributed by atoms with Gasteiger partial charge in [0.25, 0.3) is 0 Å². The van der Waals surface area contributed by atoms with E-state index in [1.54, 1.807) is 6.07 Å². The van der Waals surface area contributed by atoms with Crippen molar-refractivity contribution >= 4 is 27.4 Å². The van der Waals surface area contributed by atoms with E-state index in [1.165, 1.54) is 12.7 Å². The van der Waals surface area contributed by atoms with Crippen LogP contribution in [0, 0.1) is 11.8 Å². The van der Waals surface area contributed by atoms with Crippen molar-refractivity contribution in [3.63, 3.8) is 0 Å². The molecule has 2 aliphatic rings. The van der Waals surface area contributed by atoms with Gasteiger partial charge in [0.15, 0.2) is 0 Å². The Kier molecular flexibility index (Phi) is 5.05. The molecule has 0 aliphatic carbocycles. The second kappa shape index (κ2) is 7.20. The summed E-state index contributed by atoms with van der Waals surface area (Å²) in [6.07, 6.45) is -1.34. The van der Waals surface area contributed by atoms with Crippen LogP contribution in [0.5, 0.6) is 0 Å². The van der Waals surface area contributed by atoms with Gasteiger partial charge in [-0.1, -0.05) is 13.8 Å². The highest BCUT2D eigenvalue weighted by Crippen LogP contribution is 2.37. The minimum atomic E-state index is -4.20. The number of piperidine rings is 1. The first-order valence-electron chi connectivity index (χ1n) is 9.59. The SMILES string of the molecule is CC(C)CN1CCC2CN(c3ncnc4sc(CC(F)(F)F)cc34)CCC21. The van der Waals surface area contributed by atoms with Gasteiger partial charge in [-0.25, -0.2) is 9.97 Å². The molecule has 4 nitrogen and oxygen atoms in total. The average molecular weight is 398 g/mol. The van der Waals surface area contributed by atoms with Crippen LogP contribution in [0.25, 0.3) is 10.2 Å². The summed E-state index contributed by atoms with van der Waals surface area (Å²) in [7, 11) is 0. The smallest absolute Gasteiger partial charge is 0.356 e. The lowest BCUT2D eigenvalue weighted by molar-refractivity contribution is -0.126. The highest BCUT2D eigenvalue weighted by molar-refractivity contribution is 7.18. The van der Waals surface area contributed by atoms with E-state index in [9.17, 15) is 13.2 Å². The molecule has 0 amide bonds. The van der Waals surface area contributed by atoms with Crippen LogP contribution < -0.4 is 4.90 Å². The molecule has 2 atom stereocenters. The van der Waals surface area contributed by atoms with Crippen LogP contribution in [-0.2, 0) is 6.42 Å². The second-order valence-electron chi connectivity index (χ2n) is 8.16. The van der Waals surface area contributed by atoms with E-state index in [1.807, 2.05) is 0 Å². The van der Waals surface area contributed by atoms with Crippen LogP contribution in [0.1, 0.15) is 31.6 Å². The van der Waals surface area contributed by atoms with Gasteiger partial charge in [-0.2, -0.15) is 13.2 Å². The third kappa shape index (κ3) is 4.06. The highest BCUT2D eigenvalue weighted by Gasteiger charge is 2.39. The maximum atomic E-state index is 12.8. The molecular weight excluding hydrogens is 373 g/mol. The zero-order chi connectivity index (χ0) is 19.2. The second-order valence-corrected chi connectivity index (χ2v) is 9.28. The van der Waals surface area contributed by atoms with Gasteiger partial charge in [-0.15, -0.1) is 11.3 Å². The number of likely N-dealkylation sites (tertiary alicyclic amines) is 1. The lowest BCUT2D eigenvalue weighted by atomic mass is 9.92. The highest BCUT2D eigenvalue weighted by atomic mass is 32.1. The van der Waals surface area contributed by atoms with E-state index in [4.69, 9.17) is 0 Å². The average Bonchev–Trinajstić information content (AvgIpc) is 3.15. The molecule has 0 aromatic carbocycles. The number of alkyl halides is 3. The van der Waals surface area contributed by atoms with Gasteiger partial charge in [0, 0.05) is 30.6 Å². The molecule has 0 radical (unpaired) electrons. The number of anilines is 1. The van der Waals surface area contributed by atoms with Crippen LogP contribution >= 0.6 is 11.3 Å². The summed E-state index contributed by atoms with van der Waals surface area (Å²) in [5.74, 6) is 2.07. The molecule has 0 saturated carbocycles. The molecule has 4 rings (SSSR count). The van der Waals surface area contributed by atoms with Crippen LogP contribution in [0.4, 0.5) is 19.0 Å². The molecule has 2 aliphatic heterocycles. The number of halogens is 3. The number of aromatic nitrogens is 2. The zero-order valence-electron chi connectivity index (χ0n) is 15.7. The van der Waals surface area contributed by atoms with Crippen LogP contribution in [0.2, 0.25) is 0 Å². The molecule has 0 bridgehead atoms. The van der Waals surface area contributed by atoms with E-state index in [-0.39, 0.29) is 0 Å². The summed E-state index contributed by atoms with van der Waals surface area (Å²) >= 11 is 1.12. The van der Waals surface area contributed by atoms with Gasteiger partial charge < -0.3 is 4.90 Å². The minimum absolute atomic E-state index is 0.304. The standard InChI is InChI=1S/C19H25F3N4S/c1-12(2)9-25-5-3-13-10-26(6-4-16(13)25)17-15-7-14(8-19(20,21)22)27-18(15)24-11-23-17/h7,11-13,16H,3-6,8-10H2,1-2H3. The fourth-order valence-corrected chi connectivity index (χ4v) is 5.62. The molecule has 2 saturated heterocycles. The molecule has 0 spiro atoms. The van der Waals surface area contributed by atoms with Gasteiger partial charge >= 0.3 is 6.18 Å². The Morgan fingerprint density at radius 1 is 1.22 bits per heavy atom. The molecule has 2 aromatic heterocycles. The molecule has 8 heteroatoms. The summed E-state index contributed by atoms with van der Waals surface area (Å²) in [5.41, 5.74) is 0. The van der Waals surface area contributed by atoms with Crippen LogP contribution in [-0.4, -0.2) is 53.3 Å². The van der Waals surface area contributed by atoms with Crippen LogP contribution in [0.15, 0.2) is 12.4 Å². The monoisotopic (exact) mass is 398 g/mol. The maximum Gasteiger partial charge on any atom is 0.393 e. The van der Waals surface area contributed by atoms with Crippen molar-refractivity contribution in [2.45, 2.75) is 45.3 Å². The van der Waals surface area contributed by atoms with Crippen LogP contribution in [0.3, 0.4) is 0 Å². The van der Waals surface area contributed by atoms with E-state index >= 15 is 0 Å². The first-order chi connectivity index (χ1) is 12.8. The van der Waals surface area contributed by atoms with Crippen molar-refractivity contribution in [1.82, 2.24) is 14.9 Å². The molecule has 2 fully saturated rings. The van der Waals surface area contributed by atoms with E-state index in [0.717, 1.165) is 55.1 Å². The number of rotatable bonds is 4. The Bertz CT molecular complexity index is 804. The zero-order valence-corrected chi connectivity index (χ0v) is 16.5. The Balaban J connectivity index is 1.54. The topological polar surface area (TPSA) is 32.3 Å². The van der Waals surface area contributed by atoms with Crippen molar-refractivity contribution < 1.29 is 13.2 Å². The lowest BCUT2D eigenvalue weighted by Crippen LogP contribution is -2.47. The number of thiophene rings is 1. The fourth-order valence-electron chi connectivity index (χ4n) is 4.60. The summed E-state index contributed by atoms with van der Waals surface area (Å²) in [4.78, 5) is 14.5. The Hall–Kier alpha value is -1.41. The summed E-state index contributed by atoms with van der Waals surface area (Å²) in [6, 6.07) is 2.26. The summed E-state index contributed by atoms with van der Waals surface area (Å²) < 4.78 is 38.3. The summed E-state index contributed by atoms with van der Waals surface area (Å²) in [6.45, 7) is 8.63. The molecule has 2 unspecified atom stereocenters. The predicted molar refractivity (Wildman–Crippen MR) is 102 cm³/mol. The Morgan fingerprint density at radius 3 is 2.78 bits per heavy atom. The van der Waals surface area contributed by atoms with Crippen molar-refractivity contribution in [2.75, 3.05) is 31.1 Å². The first-order valence-corrected chi connectivity index (χ1v) is 10.4. The third-order valence-corrected chi connectivity index (χ3v) is 6.63. The van der Waals surface area contributed by atoms with Gasteiger partial charge in [0.1, 0.15) is 17.0 Å². The van der Waals surface area contributed by atoms with Gasteiger partial charge in [0.2, 0.25) is 0 Å². The molecule has 0 N–H and O–H groups in total. The van der Waals surface area contributed by atoms with E-state index < -0.39 is 12.6 Å². The first kappa shape index (κ1) is 18.9. The van der Waals surface area contributed by atoms with Crippen molar-refractivity contribution in [1.29, 1.82) is 0 Å². The fraction of sp³-hybridized carbons (Fsp3) is 0.684. The number of hydrogen-bond donors (Lipinski definition) is 0. The van der Waals surface area contributed by atoms with Crippen molar-refractivity contribution in [3.8, 4) is 0 Å². The number of hydrogen-bond acceptors (Lipinski definition) is 5. The molecule has 2 aromatic rings. The quantitative estimate of drug-likeness (QED) is 0.766. The number of fused-ring (bicyclic) bond motifs is 2. The molecular formula is C19H25F3N4S. The number of nitrogens with zero attached hydrogens (tertiary/aromatic N) is 4. The Labute approximate surface area is 161 Å². The van der Waals surface area contributed by atoms with Gasteiger partial charge in [0.05, 0.1) is 11.8 Å². The maximum absolute atomic E-state index is 12.8. The normalized spacial score (nSPS) is 24.1. The molecule has 148 valence electrons. The minimum Gasteiger partial charge on any atom is -0.356 e. The van der Waals surface area contributed by atoms with Gasteiger partial charge in [-0.3, -0.25) is 4.90 Å². The van der Waals surface area contributed by atoms with Crippen molar-refractivity contribution in [2.24, 2.45) is 11.8 Å². The molecule has 4 heterocycles. The third-order valence-electron chi connectivity index (χ3n) is 5.58.